The zero-order valence-electron chi connectivity index (χ0n) is 14.4. The molecule has 1 aromatic heterocycles. The van der Waals surface area contributed by atoms with E-state index in [1.165, 1.54) is 0 Å². The minimum atomic E-state index is -0.0252. The Morgan fingerprint density at radius 2 is 2.24 bits per heavy atom. The van der Waals surface area contributed by atoms with Crippen LogP contribution in [0.5, 0.6) is 0 Å². The molecular formula is C18H23N3O4. The Bertz CT molecular complexity index is 668. The number of rotatable bonds is 7. The van der Waals surface area contributed by atoms with Crippen molar-refractivity contribution in [3.63, 3.8) is 0 Å². The summed E-state index contributed by atoms with van der Waals surface area (Å²) in [7, 11) is 1.67. The fourth-order valence-corrected chi connectivity index (χ4v) is 2.82. The Balaban J connectivity index is 1.45. The molecule has 0 radical (unpaired) electrons. The average Bonchev–Trinajstić information content (AvgIpc) is 2.58. The quantitative estimate of drug-likeness (QED) is 0.594. The van der Waals surface area contributed by atoms with Gasteiger partial charge >= 0.3 is 0 Å². The van der Waals surface area contributed by atoms with Crippen LogP contribution in [0.4, 0.5) is 5.82 Å². The lowest BCUT2D eigenvalue weighted by molar-refractivity contribution is -0.139. The van der Waals surface area contributed by atoms with Crippen molar-refractivity contribution in [2.24, 2.45) is 0 Å². The lowest BCUT2D eigenvalue weighted by atomic mass is 10.0. The summed E-state index contributed by atoms with van der Waals surface area (Å²) in [4.78, 5) is 29.5. The van der Waals surface area contributed by atoms with Gasteiger partial charge in [-0.1, -0.05) is 0 Å². The Morgan fingerprint density at radius 1 is 1.40 bits per heavy atom. The van der Waals surface area contributed by atoms with E-state index in [0.717, 1.165) is 17.5 Å². The number of methoxy groups -OCH3 is 1. The monoisotopic (exact) mass is 345 g/mol. The summed E-state index contributed by atoms with van der Waals surface area (Å²) in [5.74, 6) is 0.592. The van der Waals surface area contributed by atoms with Gasteiger partial charge in [-0.15, -0.1) is 0 Å². The van der Waals surface area contributed by atoms with E-state index in [0.29, 0.717) is 45.0 Å². The molecule has 0 atom stereocenters. The number of pyridine rings is 1. The minimum Gasteiger partial charge on any atom is -0.385 e. The number of aromatic nitrogens is 1. The van der Waals surface area contributed by atoms with Crippen molar-refractivity contribution in [2.45, 2.75) is 25.4 Å². The van der Waals surface area contributed by atoms with Gasteiger partial charge < -0.3 is 19.7 Å². The number of likely N-dealkylation sites (tertiary alicyclic amines) is 1. The summed E-state index contributed by atoms with van der Waals surface area (Å²) in [6.45, 7) is 2.61. The van der Waals surface area contributed by atoms with Crippen LogP contribution in [0.25, 0.3) is 6.08 Å². The van der Waals surface area contributed by atoms with E-state index in [4.69, 9.17) is 9.47 Å². The molecule has 2 amide bonds. The molecule has 2 aliphatic rings. The predicted molar refractivity (Wildman–Crippen MR) is 93.0 cm³/mol. The molecule has 0 saturated carbocycles. The number of hydrogen-bond donors (Lipinski definition) is 1. The first kappa shape index (κ1) is 17.6. The molecule has 1 fully saturated rings. The summed E-state index contributed by atoms with van der Waals surface area (Å²) in [5.41, 5.74) is 1.86. The molecule has 3 rings (SSSR count). The molecule has 1 N–H and O–H groups in total. The van der Waals surface area contributed by atoms with Gasteiger partial charge in [-0.05, 0) is 36.1 Å². The highest BCUT2D eigenvalue weighted by atomic mass is 16.5. The summed E-state index contributed by atoms with van der Waals surface area (Å²) >= 11 is 0. The largest absolute Gasteiger partial charge is 0.385 e. The van der Waals surface area contributed by atoms with Crippen LogP contribution in [0.1, 0.15) is 24.0 Å². The van der Waals surface area contributed by atoms with Crippen molar-refractivity contribution in [3.8, 4) is 0 Å². The summed E-state index contributed by atoms with van der Waals surface area (Å²) < 4.78 is 10.6. The third kappa shape index (κ3) is 4.64. The van der Waals surface area contributed by atoms with Crippen molar-refractivity contribution in [1.82, 2.24) is 9.88 Å². The molecule has 1 saturated heterocycles. The maximum absolute atomic E-state index is 12.1. The number of fused-ring (bicyclic) bond motifs is 1. The normalized spacial score (nSPS) is 17.3. The topological polar surface area (TPSA) is 80.8 Å². The van der Waals surface area contributed by atoms with Gasteiger partial charge in [0, 0.05) is 52.1 Å². The lowest BCUT2D eigenvalue weighted by Gasteiger charge is -2.38. The molecule has 3 heterocycles. The van der Waals surface area contributed by atoms with Crippen LogP contribution in [-0.2, 0) is 25.5 Å². The van der Waals surface area contributed by atoms with E-state index in [1.54, 1.807) is 30.4 Å². The second kappa shape index (κ2) is 8.22. The van der Waals surface area contributed by atoms with E-state index >= 15 is 0 Å². The molecule has 0 aromatic carbocycles. The standard InChI is InChI=1S/C18H23N3O4/c1-24-7-2-8-25-15-11-21(12-15)17(23)6-3-13-9-14-4-5-16(22)20-18(14)19-10-13/h3,6,9-10,15H,2,4-5,7-8,11-12H2,1H3,(H,19,20,22). The van der Waals surface area contributed by atoms with E-state index < -0.39 is 0 Å². The van der Waals surface area contributed by atoms with E-state index in [1.807, 2.05) is 6.07 Å². The number of nitrogens with zero attached hydrogens (tertiary/aromatic N) is 2. The second-order valence-electron chi connectivity index (χ2n) is 6.24. The predicted octanol–water partition coefficient (Wildman–Crippen LogP) is 1.24. The highest BCUT2D eigenvalue weighted by Crippen LogP contribution is 2.21. The van der Waals surface area contributed by atoms with Crippen molar-refractivity contribution in [3.05, 3.63) is 29.5 Å². The van der Waals surface area contributed by atoms with Crippen LogP contribution in [0, 0.1) is 0 Å². The summed E-state index contributed by atoms with van der Waals surface area (Å²) in [6, 6.07) is 1.96. The third-order valence-corrected chi connectivity index (χ3v) is 4.29. The number of ether oxygens (including phenoxy) is 2. The van der Waals surface area contributed by atoms with E-state index in [-0.39, 0.29) is 17.9 Å². The van der Waals surface area contributed by atoms with Crippen LogP contribution >= 0.6 is 0 Å². The van der Waals surface area contributed by atoms with Crippen molar-refractivity contribution >= 4 is 23.7 Å². The van der Waals surface area contributed by atoms with Gasteiger partial charge in [-0.2, -0.15) is 0 Å². The number of amides is 2. The first-order valence-corrected chi connectivity index (χ1v) is 8.52. The molecular weight excluding hydrogens is 322 g/mol. The minimum absolute atomic E-state index is 0.00440. The zero-order valence-corrected chi connectivity index (χ0v) is 14.4. The second-order valence-corrected chi connectivity index (χ2v) is 6.24. The highest BCUT2D eigenvalue weighted by Gasteiger charge is 2.29. The number of carbonyl (C=O) groups excluding carboxylic acids is 2. The van der Waals surface area contributed by atoms with E-state index in [9.17, 15) is 9.59 Å². The molecule has 1 aromatic rings. The number of anilines is 1. The number of hydrogen-bond acceptors (Lipinski definition) is 5. The molecule has 0 bridgehead atoms. The van der Waals surface area contributed by atoms with Gasteiger partial charge in [0.2, 0.25) is 11.8 Å². The van der Waals surface area contributed by atoms with Gasteiger partial charge in [0.15, 0.2) is 0 Å². The smallest absolute Gasteiger partial charge is 0.246 e. The highest BCUT2D eigenvalue weighted by molar-refractivity contribution is 5.94. The van der Waals surface area contributed by atoms with Gasteiger partial charge in [0.1, 0.15) is 5.82 Å². The van der Waals surface area contributed by atoms with Crippen LogP contribution < -0.4 is 5.32 Å². The number of carbonyl (C=O) groups is 2. The number of nitrogens with one attached hydrogen (secondary N) is 1. The van der Waals surface area contributed by atoms with Crippen LogP contribution in [0.2, 0.25) is 0 Å². The third-order valence-electron chi connectivity index (χ3n) is 4.29. The Labute approximate surface area is 147 Å². The Hall–Kier alpha value is -2.25. The Morgan fingerprint density at radius 3 is 3.04 bits per heavy atom. The average molecular weight is 345 g/mol. The van der Waals surface area contributed by atoms with Crippen molar-refractivity contribution in [1.29, 1.82) is 0 Å². The van der Waals surface area contributed by atoms with E-state index in [2.05, 4.69) is 10.3 Å². The first-order valence-electron chi connectivity index (χ1n) is 8.52. The molecule has 0 spiro atoms. The van der Waals surface area contributed by atoms with Crippen LogP contribution in [0.15, 0.2) is 18.3 Å². The molecule has 7 heteroatoms. The van der Waals surface area contributed by atoms with Gasteiger partial charge in [-0.3, -0.25) is 9.59 Å². The molecule has 2 aliphatic heterocycles. The van der Waals surface area contributed by atoms with Crippen molar-refractivity contribution in [2.75, 3.05) is 38.7 Å². The molecule has 0 aliphatic carbocycles. The van der Waals surface area contributed by atoms with Crippen molar-refractivity contribution < 1.29 is 19.1 Å². The Kier molecular flexibility index (Phi) is 5.78. The SMILES string of the molecule is COCCCOC1CN(C(=O)C=Cc2cnc3c(c2)CCC(=O)N3)C1. The first-order chi connectivity index (χ1) is 12.2. The fourth-order valence-electron chi connectivity index (χ4n) is 2.82. The van der Waals surface area contributed by atoms with Gasteiger partial charge in [-0.25, -0.2) is 4.98 Å². The van der Waals surface area contributed by atoms with Crippen LogP contribution in [0.3, 0.4) is 0 Å². The molecule has 0 unspecified atom stereocenters. The van der Waals surface area contributed by atoms with Crippen LogP contribution in [-0.4, -0.2) is 61.2 Å². The summed E-state index contributed by atoms with van der Waals surface area (Å²) in [5, 5.41) is 2.75. The van der Waals surface area contributed by atoms with Gasteiger partial charge in [0.25, 0.3) is 0 Å². The number of aryl methyl sites for hydroxylation is 1. The maximum Gasteiger partial charge on any atom is 0.246 e. The lowest BCUT2D eigenvalue weighted by Crippen LogP contribution is -2.54. The van der Waals surface area contributed by atoms with Gasteiger partial charge in [0.05, 0.1) is 6.10 Å². The zero-order chi connectivity index (χ0) is 17.6. The fraction of sp³-hybridized carbons (Fsp3) is 0.500. The maximum atomic E-state index is 12.1. The molecule has 7 nitrogen and oxygen atoms in total. The summed E-state index contributed by atoms with van der Waals surface area (Å²) in [6.07, 6.45) is 7.13. The molecule has 134 valence electrons. The molecule has 25 heavy (non-hydrogen) atoms.